The predicted octanol–water partition coefficient (Wildman–Crippen LogP) is 4.39. The lowest BCUT2D eigenvalue weighted by Crippen LogP contribution is -2.07. The molecule has 0 bridgehead atoms. The molecule has 0 aliphatic rings. The van der Waals surface area contributed by atoms with Gasteiger partial charge in [-0.25, -0.2) is 9.97 Å². The Hall–Kier alpha value is -1.50. The van der Waals surface area contributed by atoms with Crippen molar-refractivity contribution in [2.75, 3.05) is 12.4 Å². The van der Waals surface area contributed by atoms with E-state index in [2.05, 4.69) is 38.2 Å². The molecule has 3 aromatic heterocycles. The van der Waals surface area contributed by atoms with Gasteiger partial charge in [0, 0.05) is 22.9 Å². The Bertz CT molecular complexity index is 735. The highest BCUT2D eigenvalue weighted by Crippen LogP contribution is 2.38. The van der Waals surface area contributed by atoms with E-state index < -0.39 is 0 Å². The van der Waals surface area contributed by atoms with E-state index in [0.717, 1.165) is 21.9 Å². The normalized spacial score (nSPS) is 11.4. The van der Waals surface area contributed by atoms with Gasteiger partial charge in [-0.1, -0.05) is 6.07 Å². The van der Waals surface area contributed by atoms with Crippen molar-refractivity contribution in [1.29, 1.82) is 0 Å². The molecule has 6 heteroatoms. The number of nitrogens with one attached hydrogen (secondary N) is 1. The number of aromatic nitrogens is 2. The third-order valence-electron chi connectivity index (χ3n) is 3.05. The fraction of sp³-hybridized carbons (Fsp3) is 0.333. The van der Waals surface area contributed by atoms with Crippen LogP contribution in [0.25, 0.3) is 20.7 Å². The first kappa shape index (κ1) is 14.4. The van der Waals surface area contributed by atoms with E-state index in [0.29, 0.717) is 6.61 Å². The van der Waals surface area contributed by atoms with Crippen molar-refractivity contribution < 1.29 is 4.74 Å². The van der Waals surface area contributed by atoms with Crippen molar-refractivity contribution in [3.05, 3.63) is 28.7 Å². The van der Waals surface area contributed by atoms with Gasteiger partial charge in [0.05, 0.1) is 11.5 Å². The summed E-state index contributed by atoms with van der Waals surface area (Å²) in [6.07, 6.45) is 0.173. The maximum Gasteiger partial charge on any atom is 0.158 e. The zero-order valence-electron chi connectivity index (χ0n) is 12.2. The Morgan fingerprint density at radius 3 is 2.81 bits per heavy atom. The summed E-state index contributed by atoms with van der Waals surface area (Å²) in [5.74, 6) is 1.59. The number of anilines is 1. The summed E-state index contributed by atoms with van der Waals surface area (Å²) in [6.45, 7) is 4.46. The summed E-state index contributed by atoms with van der Waals surface area (Å²) in [5.41, 5.74) is 1.20. The van der Waals surface area contributed by atoms with Crippen LogP contribution in [-0.4, -0.2) is 23.1 Å². The van der Waals surface area contributed by atoms with E-state index in [1.807, 2.05) is 20.9 Å². The monoisotopic (exact) mass is 319 g/mol. The Morgan fingerprint density at radius 2 is 2.14 bits per heavy atom. The van der Waals surface area contributed by atoms with Crippen molar-refractivity contribution in [3.63, 3.8) is 0 Å². The molecule has 3 aromatic rings. The van der Waals surface area contributed by atoms with Crippen molar-refractivity contribution in [2.45, 2.75) is 26.6 Å². The van der Waals surface area contributed by atoms with Gasteiger partial charge in [0.15, 0.2) is 5.82 Å². The molecule has 0 saturated heterocycles. The molecule has 0 fully saturated rings. The van der Waals surface area contributed by atoms with Gasteiger partial charge in [-0.3, -0.25) is 0 Å². The van der Waals surface area contributed by atoms with Crippen LogP contribution in [0, 0.1) is 0 Å². The zero-order chi connectivity index (χ0) is 14.8. The summed E-state index contributed by atoms with van der Waals surface area (Å²) in [5, 5.41) is 8.53. The average molecular weight is 319 g/mol. The third kappa shape index (κ3) is 2.92. The molecule has 3 heterocycles. The number of fused-ring (bicyclic) bond motifs is 1. The van der Waals surface area contributed by atoms with Gasteiger partial charge < -0.3 is 10.1 Å². The molecule has 0 unspecified atom stereocenters. The van der Waals surface area contributed by atoms with Gasteiger partial charge in [0.25, 0.3) is 0 Å². The molecule has 4 nitrogen and oxygen atoms in total. The predicted molar refractivity (Wildman–Crippen MR) is 90.2 cm³/mol. The highest BCUT2D eigenvalue weighted by molar-refractivity contribution is 7.18. The lowest BCUT2D eigenvalue weighted by molar-refractivity contribution is 0.0615. The van der Waals surface area contributed by atoms with E-state index in [1.54, 1.807) is 22.7 Å². The standard InChI is InChI=1S/C15H17N3OS2/c1-9(2)19-7-12-17-14(16-3)13-10(8-21-15(13)18-12)11-5-4-6-20-11/h4-6,8-9H,7H2,1-3H3,(H,16,17,18). The Labute approximate surface area is 131 Å². The van der Waals surface area contributed by atoms with Crippen molar-refractivity contribution in [3.8, 4) is 10.4 Å². The second-order valence-corrected chi connectivity index (χ2v) is 6.71. The van der Waals surface area contributed by atoms with Crippen molar-refractivity contribution >= 4 is 38.7 Å². The smallest absolute Gasteiger partial charge is 0.158 e. The first-order valence-corrected chi connectivity index (χ1v) is 8.56. The van der Waals surface area contributed by atoms with Crippen LogP contribution in [0.4, 0.5) is 5.82 Å². The topological polar surface area (TPSA) is 47.0 Å². The summed E-state index contributed by atoms with van der Waals surface area (Å²) in [4.78, 5) is 11.5. The number of thiophene rings is 2. The molecule has 0 amide bonds. The molecule has 3 rings (SSSR count). The Morgan fingerprint density at radius 1 is 1.29 bits per heavy atom. The Kier molecular flexibility index (Phi) is 4.19. The van der Waals surface area contributed by atoms with Crippen molar-refractivity contribution in [1.82, 2.24) is 9.97 Å². The Balaban J connectivity index is 2.06. The van der Waals surface area contributed by atoms with Crippen molar-refractivity contribution in [2.24, 2.45) is 0 Å². The molecule has 0 aliphatic heterocycles. The fourth-order valence-corrected chi connectivity index (χ4v) is 3.87. The molecule has 0 aromatic carbocycles. The SMILES string of the molecule is CNc1nc(COC(C)C)nc2scc(-c3cccs3)c12. The minimum Gasteiger partial charge on any atom is -0.372 e. The van der Waals surface area contributed by atoms with E-state index >= 15 is 0 Å². The van der Waals surface area contributed by atoms with Gasteiger partial charge in [0.1, 0.15) is 17.3 Å². The molecule has 0 atom stereocenters. The van der Waals surface area contributed by atoms with Crippen LogP contribution in [-0.2, 0) is 11.3 Å². The quantitative estimate of drug-likeness (QED) is 0.758. The minimum atomic E-state index is 0.173. The minimum absolute atomic E-state index is 0.173. The molecule has 0 radical (unpaired) electrons. The summed E-state index contributed by atoms with van der Waals surface area (Å²) < 4.78 is 5.61. The summed E-state index contributed by atoms with van der Waals surface area (Å²) in [6, 6.07) is 4.19. The molecule has 1 N–H and O–H groups in total. The van der Waals surface area contributed by atoms with E-state index in [-0.39, 0.29) is 6.10 Å². The maximum absolute atomic E-state index is 5.61. The second-order valence-electron chi connectivity index (χ2n) is 4.91. The van der Waals surface area contributed by atoms with Gasteiger partial charge >= 0.3 is 0 Å². The van der Waals surface area contributed by atoms with Crippen LogP contribution in [0.15, 0.2) is 22.9 Å². The average Bonchev–Trinajstić information content (AvgIpc) is 3.12. The third-order valence-corrected chi connectivity index (χ3v) is 4.82. The first-order valence-electron chi connectivity index (χ1n) is 6.80. The molecular weight excluding hydrogens is 302 g/mol. The van der Waals surface area contributed by atoms with E-state index in [4.69, 9.17) is 4.74 Å². The second kappa shape index (κ2) is 6.09. The molecule has 21 heavy (non-hydrogen) atoms. The molecule has 0 spiro atoms. The highest BCUT2D eigenvalue weighted by atomic mass is 32.1. The van der Waals surface area contributed by atoms with Crippen LogP contribution in [0.5, 0.6) is 0 Å². The van der Waals surface area contributed by atoms with E-state index in [9.17, 15) is 0 Å². The summed E-state index contributed by atoms with van der Waals surface area (Å²) in [7, 11) is 1.89. The van der Waals surface area contributed by atoms with Gasteiger partial charge in [-0.05, 0) is 25.3 Å². The number of rotatable bonds is 5. The number of hydrogen-bond acceptors (Lipinski definition) is 6. The van der Waals surface area contributed by atoms with Gasteiger partial charge in [-0.15, -0.1) is 22.7 Å². The number of hydrogen-bond donors (Lipinski definition) is 1. The largest absolute Gasteiger partial charge is 0.372 e. The fourth-order valence-electron chi connectivity index (χ4n) is 2.09. The van der Waals surface area contributed by atoms with Crippen LogP contribution < -0.4 is 5.32 Å². The molecule has 0 saturated carbocycles. The maximum atomic E-state index is 5.61. The highest BCUT2D eigenvalue weighted by Gasteiger charge is 2.15. The first-order chi connectivity index (χ1) is 10.2. The zero-order valence-corrected chi connectivity index (χ0v) is 13.8. The number of nitrogens with zero attached hydrogens (tertiary/aromatic N) is 2. The lowest BCUT2D eigenvalue weighted by Gasteiger charge is -2.09. The van der Waals surface area contributed by atoms with Crippen LogP contribution in [0.3, 0.4) is 0 Å². The lowest BCUT2D eigenvalue weighted by atomic mass is 10.2. The molecule has 0 aliphatic carbocycles. The number of ether oxygens (including phenoxy) is 1. The summed E-state index contributed by atoms with van der Waals surface area (Å²) >= 11 is 3.38. The van der Waals surface area contributed by atoms with Crippen LogP contribution in [0.2, 0.25) is 0 Å². The van der Waals surface area contributed by atoms with Gasteiger partial charge in [0.2, 0.25) is 0 Å². The molecule has 110 valence electrons. The molecular formula is C15H17N3OS2. The van der Waals surface area contributed by atoms with Crippen LogP contribution in [0.1, 0.15) is 19.7 Å². The van der Waals surface area contributed by atoms with Crippen LogP contribution >= 0.6 is 22.7 Å². The van der Waals surface area contributed by atoms with E-state index in [1.165, 1.54) is 10.4 Å². The van der Waals surface area contributed by atoms with Gasteiger partial charge in [-0.2, -0.15) is 0 Å².